The van der Waals surface area contributed by atoms with E-state index in [2.05, 4.69) is 10.2 Å². The lowest BCUT2D eigenvalue weighted by atomic mass is 9.89. The maximum Gasteiger partial charge on any atom is 0.325 e. The van der Waals surface area contributed by atoms with Crippen LogP contribution in [0, 0.1) is 0 Å². The molecule has 2 atom stereocenters. The van der Waals surface area contributed by atoms with Crippen LogP contribution in [0.25, 0.3) is 0 Å². The van der Waals surface area contributed by atoms with Gasteiger partial charge in [0.25, 0.3) is 5.91 Å². The second-order valence-electron chi connectivity index (χ2n) is 10.2. The first kappa shape index (κ1) is 25.4. The van der Waals surface area contributed by atoms with Crippen molar-refractivity contribution in [2.75, 3.05) is 42.6 Å². The Morgan fingerprint density at radius 2 is 1.79 bits per heavy atom. The summed E-state index contributed by atoms with van der Waals surface area (Å²) in [7, 11) is 0. The molecule has 3 aliphatic rings. The summed E-state index contributed by atoms with van der Waals surface area (Å²) < 4.78 is 12.3. The number of benzene rings is 3. The number of rotatable bonds is 5. The summed E-state index contributed by atoms with van der Waals surface area (Å²) in [4.78, 5) is 32.6. The van der Waals surface area contributed by atoms with E-state index in [0.717, 1.165) is 24.3 Å². The van der Waals surface area contributed by atoms with Crippen molar-refractivity contribution in [3.05, 3.63) is 82.9 Å². The molecule has 2 bridgehead atoms. The van der Waals surface area contributed by atoms with E-state index in [4.69, 9.17) is 21.1 Å². The van der Waals surface area contributed by atoms with Gasteiger partial charge in [-0.1, -0.05) is 29.8 Å². The fraction of sp³-hybridized carbons (Fsp3) is 0.333. The number of halogens is 1. The fourth-order valence-corrected chi connectivity index (χ4v) is 5.93. The Morgan fingerprint density at radius 3 is 2.54 bits per heavy atom. The SMILES string of the molecule is CCOc1cccc2c1OC1(C)CC2NC(=O)N1c1cccc(C(=O)N2CCN(c3ccc(Cl)cc3)CC2)c1. The number of carbonyl (C=O) groups is 2. The third kappa shape index (κ3) is 4.63. The average Bonchev–Trinajstić information content (AvgIpc) is 2.93. The third-order valence-corrected chi connectivity index (χ3v) is 7.93. The second-order valence-corrected chi connectivity index (χ2v) is 10.7. The predicted molar refractivity (Wildman–Crippen MR) is 151 cm³/mol. The van der Waals surface area contributed by atoms with Crippen LogP contribution in [0.5, 0.6) is 11.5 Å². The minimum atomic E-state index is -0.945. The molecule has 2 unspecified atom stereocenters. The first-order chi connectivity index (χ1) is 18.9. The summed E-state index contributed by atoms with van der Waals surface area (Å²) in [6.45, 7) is 7.03. The monoisotopic (exact) mass is 546 g/mol. The largest absolute Gasteiger partial charge is 0.490 e. The molecule has 3 amide bonds. The standard InChI is InChI=1S/C30H31ClN4O4/c1-3-38-26-9-5-8-24-25-19-30(2,39-27(24)26)35(29(37)32-25)23-7-4-6-20(18-23)28(36)34-16-14-33(15-17-34)22-12-10-21(31)11-13-22/h4-13,18,25H,3,14-17,19H2,1-2H3,(H,32,37). The molecule has 0 spiro atoms. The molecule has 6 rings (SSSR count). The Hall–Kier alpha value is -3.91. The number of piperazine rings is 1. The van der Waals surface area contributed by atoms with E-state index in [-0.39, 0.29) is 18.0 Å². The van der Waals surface area contributed by atoms with Crippen LogP contribution in [0.15, 0.2) is 66.7 Å². The van der Waals surface area contributed by atoms with Gasteiger partial charge in [0.2, 0.25) is 0 Å². The number of ether oxygens (including phenoxy) is 2. The molecule has 3 aromatic carbocycles. The zero-order valence-electron chi connectivity index (χ0n) is 22.0. The Kier molecular flexibility index (Phi) is 6.51. The van der Waals surface area contributed by atoms with Gasteiger partial charge in [-0.25, -0.2) is 4.79 Å². The minimum Gasteiger partial charge on any atom is -0.490 e. The molecule has 0 aliphatic carbocycles. The number of para-hydroxylation sites is 1. The number of fused-ring (bicyclic) bond motifs is 4. The summed E-state index contributed by atoms with van der Waals surface area (Å²) in [5.74, 6) is 1.25. The van der Waals surface area contributed by atoms with E-state index < -0.39 is 5.72 Å². The molecular formula is C30H31ClN4O4. The zero-order valence-corrected chi connectivity index (χ0v) is 22.8. The number of nitrogens with zero attached hydrogens (tertiary/aromatic N) is 3. The normalized spacial score (nSPS) is 22.1. The Morgan fingerprint density at radius 1 is 1.05 bits per heavy atom. The van der Waals surface area contributed by atoms with Gasteiger partial charge in [-0.3, -0.25) is 9.69 Å². The number of amides is 3. The molecule has 0 saturated carbocycles. The van der Waals surface area contributed by atoms with Gasteiger partial charge >= 0.3 is 6.03 Å². The molecule has 9 heteroatoms. The van der Waals surface area contributed by atoms with Gasteiger partial charge in [-0.2, -0.15) is 0 Å². The Bertz CT molecular complexity index is 1410. The molecule has 2 saturated heterocycles. The van der Waals surface area contributed by atoms with E-state index in [1.54, 1.807) is 17.0 Å². The van der Waals surface area contributed by atoms with Crippen LogP contribution < -0.4 is 24.6 Å². The summed E-state index contributed by atoms with van der Waals surface area (Å²) in [5.41, 5.74) is 2.21. The van der Waals surface area contributed by atoms with E-state index in [1.165, 1.54) is 0 Å². The molecule has 39 heavy (non-hydrogen) atoms. The molecule has 8 nitrogen and oxygen atoms in total. The Labute approximate surface area is 233 Å². The molecule has 3 aromatic rings. The quantitative estimate of drug-likeness (QED) is 0.459. The third-order valence-electron chi connectivity index (χ3n) is 7.67. The highest BCUT2D eigenvalue weighted by molar-refractivity contribution is 6.30. The molecule has 0 aromatic heterocycles. The van der Waals surface area contributed by atoms with Gasteiger partial charge in [0.1, 0.15) is 0 Å². The maximum atomic E-state index is 13.5. The average molecular weight is 547 g/mol. The number of anilines is 2. The summed E-state index contributed by atoms with van der Waals surface area (Å²) >= 11 is 6.03. The zero-order chi connectivity index (χ0) is 27.1. The van der Waals surface area contributed by atoms with E-state index in [1.807, 2.05) is 73.3 Å². The molecule has 2 fully saturated rings. The molecule has 1 N–H and O–H groups in total. The Balaban J connectivity index is 1.22. The van der Waals surface area contributed by atoms with E-state index in [9.17, 15) is 9.59 Å². The van der Waals surface area contributed by atoms with Gasteiger partial charge in [0, 0.05) is 54.4 Å². The number of carbonyl (C=O) groups excluding carboxylic acids is 2. The highest BCUT2D eigenvalue weighted by Gasteiger charge is 2.50. The van der Waals surface area contributed by atoms with Gasteiger partial charge in [0.05, 0.1) is 18.3 Å². The van der Waals surface area contributed by atoms with Crippen LogP contribution in [-0.2, 0) is 0 Å². The van der Waals surface area contributed by atoms with Crippen molar-refractivity contribution in [1.29, 1.82) is 0 Å². The summed E-state index contributed by atoms with van der Waals surface area (Å²) in [5, 5.41) is 3.83. The first-order valence-electron chi connectivity index (χ1n) is 13.3. The van der Waals surface area contributed by atoms with Crippen LogP contribution in [0.1, 0.15) is 42.2 Å². The number of hydrogen-bond acceptors (Lipinski definition) is 5. The van der Waals surface area contributed by atoms with Crippen molar-refractivity contribution < 1.29 is 19.1 Å². The van der Waals surface area contributed by atoms with Crippen molar-refractivity contribution in [3.8, 4) is 11.5 Å². The van der Waals surface area contributed by atoms with Crippen LogP contribution in [-0.4, -0.2) is 55.3 Å². The topological polar surface area (TPSA) is 74.3 Å². The smallest absolute Gasteiger partial charge is 0.325 e. The van der Waals surface area contributed by atoms with Crippen molar-refractivity contribution in [2.24, 2.45) is 0 Å². The highest BCUT2D eigenvalue weighted by atomic mass is 35.5. The maximum absolute atomic E-state index is 13.5. The fourth-order valence-electron chi connectivity index (χ4n) is 5.80. The molecule has 202 valence electrons. The van der Waals surface area contributed by atoms with Crippen LogP contribution >= 0.6 is 11.6 Å². The molecular weight excluding hydrogens is 516 g/mol. The number of hydrogen-bond donors (Lipinski definition) is 1. The van der Waals surface area contributed by atoms with Crippen LogP contribution in [0.4, 0.5) is 16.2 Å². The van der Waals surface area contributed by atoms with Crippen LogP contribution in [0.2, 0.25) is 5.02 Å². The highest BCUT2D eigenvalue weighted by Crippen LogP contribution is 2.49. The molecule has 0 radical (unpaired) electrons. The lowest BCUT2D eigenvalue weighted by Crippen LogP contribution is -2.65. The number of urea groups is 1. The van der Waals surface area contributed by atoms with Crippen molar-refractivity contribution in [1.82, 2.24) is 10.2 Å². The van der Waals surface area contributed by atoms with E-state index >= 15 is 0 Å². The van der Waals surface area contributed by atoms with Gasteiger partial charge in [-0.15, -0.1) is 0 Å². The number of nitrogens with one attached hydrogen (secondary N) is 1. The van der Waals surface area contributed by atoms with Gasteiger partial charge < -0.3 is 24.6 Å². The second kappa shape index (κ2) is 10.0. The van der Waals surface area contributed by atoms with Gasteiger partial charge in [0.15, 0.2) is 17.2 Å². The van der Waals surface area contributed by atoms with Crippen LogP contribution in [0.3, 0.4) is 0 Å². The van der Waals surface area contributed by atoms with Crippen molar-refractivity contribution >= 4 is 34.9 Å². The lowest BCUT2D eigenvalue weighted by molar-refractivity contribution is 0.0343. The predicted octanol–water partition coefficient (Wildman–Crippen LogP) is 5.47. The minimum absolute atomic E-state index is 0.0541. The first-order valence-corrected chi connectivity index (χ1v) is 13.7. The molecule has 3 aliphatic heterocycles. The lowest BCUT2D eigenvalue weighted by Gasteiger charge is -2.50. The molecule has 3 heterocycles. The summed E-state index contributed by atoms with van der Waals surface area (Å²) in [6, 6.07) is 20.3. The van der Waals surface area contributed by atoms with Gasteiger partial charge in [-0.05, 0) is 62.4 Å². The van der Waals surface area contributed by atoms with Crippen molar-refractivity contribution in [3.63, 3.8) is 0 Å². The van der Waals surface area contributed by atoms with Crippen molar-refractivity contribution in [2.45, 2.75) is 32.0 Å². The van der Waals surface area contributed by atoms with E-state index in [0.29, 0.717) is 53.9 Å². The summed E-state index contributed by atoms with van der Waals surface area (Å²) in [6.07, 6.45) is 0.562.